The molecule has 19 nitrogen and oxygen atoms in total. The summed E-state index contributed by atoms with van der Waals surface area (Å²) in [5.41, 5.74) is -0.356. The van der Waals surface area contributed by atoms with Crippen LogP contribution in [0.2, 0.25) is 0 Å². The Morgan fingerprint density at radius 2 is 0.641 bits per heavy atom. The van der Waals surface area contributed by atoms with Gasteiger partial charge in [0.25, 0.3) is 0 Å². The molecule has 0 unspecified atom stereocenters. The Hall–Kier alpha value is -7.03. The van der Waals surface area contributed by atoms with Crippen LogP contribution in [0.25, 0.3) is 0 Å². The lowest BCUT2D eigenvalue weighted by Crippen LogP contribution is -2.56. The zero-order valence-corrected chi connectivity index (χ0v) is 38.6. The highest BCUT2D eigenvalue weighted by Gasteiger charge is 2.01. The molecule has 0 atom stereocenters. The predicted molar refractivity (Wildman–Crippen MR) is 228 cm³/mol. The maximum absolute atomic E-state index is 10.7. The van der Waals surface area contributed by atoms with Crippen LogP contribution in [0.1, 0.15) is 55.3 Å². The molecule has 5 aromatic heterocycles. The lowest BCUT2D eigenvalue weighted by atomic mass is 10.2. The normalized spacial score (nSPS) is 9.39. The topological polar surface area (TPSA) is 234 Å². The van der Waals surface area contributed by atoms with Crippen molar-refractivity contribution in [1.29, 1.82) is 0 Å². The van der Waals surface area contributed by atoms with Crippen LogP contribution in [0, 0.1) is 0 Å². The van der Waals surface area contributed by atoms with Crippen LogP contribution in [0.15, 0.2) is 142 Å². The highest BCUT2D eigenvalue weighted by molar-refractivity contribution is 6.24. The Morgan fingerprint density at radius 3 is 0.734 bits per heavy atom. The van der Waals surface area contributed by atoms with Crippen molar-refractivity contribution < 1.29 is 67.9 Å². The number of para-hydroxylation sites is 2. The molecule has 2 N–H and O–H groups in total. The Kier molecular flexibility index (Phi) is 29.1. The number of aryl methyl sites for hydroxylation is 10. The van der Waals surface area contributed by atoms with Gasteiger partial charge in [-0.15, -0.1) is 0 Å². The zero-order valence-electron chi connectivity index (χ0n) is 38.6. The van der Waals surface area contributed by atoms with Crippen LogP contribution in [0.4, 0.5) is 0 Å². The molecule has 0 saturated carbocycles. The molecule has 64 heavy (non-hydrogen) atoms. The largest absolute Gasteiger partial charge is 0.907 e. The van der Waals surface area contributed by atoms with Crippen molar-refractivity contribution in [3.05, 3.63) is 153 Å². The van der Waals surface area contributed by atoms with Crippen molar-refractivity contribution in [2.45, 2.75) is 67.3 Å². The van der Waals surface area contributed by atoms with E-state index in [0.29, 0.717) is 0 Å². The van der Waals surface area contributed by atoms with Crippen LogP contribution < -0.4 is 48.1 Å². The van der Waals surface area contributed by atoms with Gasteiger partial charge in [0.2, 0.25) is 31.6 Å². The predicted octanol–water partition coefficient (Wildman–Crippen LogP) is -1.37. The van der Waals surface area contributed by atoms with E-state index in [1.54, 1.807) is 0 Å². The number of aromatic nitrogens is 10. The second kappa shape index (κ2) is 32.7. The maximum Gasteiger partial charge on any atom is 0.335 e. The molecule has 0 fully saturated rings. The minimum atomic E-state index is -2.92. The lowest BCUT2D eigenvalue weighted by Gasteiger charge is -2.35. The number of hydrogen-bond acceptors (Lipinski definition) is 7. The number of hydrogen-bond donors (Lipinski definition) is 2. The van der Waals surface area contributed by atoms with E-state index in [9.17, 15) is 19.8 Å². The average Bonchev–Trinajstić information content (AvgIpc) is 4.13. The fraction of sp³-hybridized carbons (Fsp3) is 0.341. The Balaban J connectivity index is 0.000000715. The van der Waals surface area contributed by atoms with Crippen LogP contribution in [0.5, 0.6) is 11.5 Å². The van der Waals surface area contributed by atoms with Gasteiger partial charge in [0.1, 0.15) is 62.0 Å². The zero-order chi connectivity index (χ0) is 48.6. The third-order valence-corrected chi connectivity index (χ3v) is 8.18. The van der Waals surface area contributed by atoms with E-state index in [1.165, 1.54) is 48.5 Å². The number of rotatable bonds is 7. The first-order valence-corrected chi connectivity index (χ1v) is 20.3. The standard InChI is InChI=1S/2C7H6O3.5C6H11N2.BO3/c2*8-6-4-2-1-3-5(6)7(9)10;5*1-3-8-5-4-7(2)6-8;2-1(3)4/h2*1-4,8H,(H,9,10);5*4-6H,3H2,1-2H3;/q;;5*+1;-3/p-2. The molecule has 0 amide bonds. The van der Waals surface area contributed by atoms with Gasteiger partial charge in [-0.05, 0) is 46.8 Å². The monoisotopic (exact) mass is 889 g/mol. The minimum Gasteiger partial charge on any atom is -0.907 e. The van der Waals surface area contributed by atoms with Crippen molar-refractivity contribution in [3.63, 3.8) is 0 Å². The third kappa shape index (κ3) is 26.3. The van der Waals surface area contributed by atoms with Gasteiger partial charge in [-0.3, -0.25) is 7.32 Å². The summed E-state index contributed by atoms with van der Waals surface area (Å²) in [6.07, 6.45) is 30.7. The van der Waals surface area contributed by atoms with Crippen molar-refractivity contribution in [2.24, 2.45) is 35.2 Å². The Labute approximate surface area is 376 Å². The number of aromatic carboxylic acids is 2. The van der Waals surface area contributed by atoms with Crippen LogP contribution in [-0.2, 0) is 68.0 Å². The number of benzene rings is 2. The molecule has 0 bridgehead atoms. The molecule has 0 saturated heterocycles. The molecule has 0 spiro atoms. The summed E-state index contributed by atoms with van der Waals surface area (Å²) < 4.78 is 20.8. The summed E-state index contributed by atoms with van der Waals surface area (Å²) in [7, 11) is 7.18. The van der Waals surface area contributed by atoms with Crippen LogP contribution >= 0.6 is 0 Å². The summed E-state index contributed by atoms with van der Waals surface area (Å²) in [5, 5.41) is 63.3. The van der Waals surface area contributed by atoms with E-state index in [1.807, 2.05) is 89.1 Å². The van der Waals surface area contributed by atoms with Crippen molar-refractivity contribution in [2.75, 3.05) is 0 Å². The van der Waals surface area contributed by atoms with E-state index >= 15 is 0 Å². The van der Waals surface area contributed by atoms with Gasteiger partial charge in [-0.2, -0.15) is 0 Å². The van der Waals surface area contributed by atoms with Crippen LogP contribution in [-0.4, -0.2) is 52.3 Å². The Morgan fingerprint density at radius 1 is 0.453 bits per heavy atom. The summed E-state index contributed by atoms with van der Waals surface area (Å²) >= 11 is 0. The van der Waals surface area contributed by atoms with Gasteiger partial charge in [0, 0.05) is 0 Å². The molecule has 348 valence electrons. The maximum atomic E-state index is 10.7. The van der Waals surface area contributed by atoms with E-state index in [4.69, 9.17) is 25.3 Å². The quantitative estimate of drug-likeness (QED) is 0.142. The van der Waals surface area contributed by atoms with E-state index in [2.05, 4.69) is 120 Å². The second-order valence-corrected chi connectivity index (χ2v) is 13.4. The van der Waals surface area contributed by atoms with Crippen LogP contribution in [0.3, 0.4) is 0 Å². The summed E-state index contributed by atoms with van der Waals surface area (Å²) in [6.45, 7) is 15.9. The molecule has 2 aromatic carbocycles. The lowest BCUT2D eigenvalue weighted by molar-refractivity contribution is -0.671. The fourth-order valence-electron chi connectivity index (χ4n) is 4.73. The number of carboxylic acid groups (broad SMARTS) is 2. The molecule has 7 aromatic rings. The molecule has 0 aliphatic heterocycles. The highest BCUT2D eigenvalue weighted by atomic mass is 16.5. The molecule has 0 aliphatic carbocycles. The van der Waals surface area contributed by atoms with Gasteiger partial charge in [0.05, 0.1) is 79.1 Å². The Bertz CT molecular complexity index is 2010. The molecule has 0 radical (unpaired) electrons. The van der Waals surface area contributed by atoms with Crippen molar-refractivity contribution in [1.82, 2.24) is 22.8 Å². The van der Waals surface area contributed by atoms with E-state index < -0.39 is 30.8 Å². The summed E-state index contributed by atoms with van der Waals surface area (Å²) in [5.74, 6) is -3.25. The second-order valence-electron chi connectivity index (χ2n) is 13.4. The number of carbonyl (C=O) groups is 2. The van der Waals surface area contributed by atoms with Crippen molar-refractivity contribution >= 4 is 19.3 Å². The molecule has 7 rings (SSSR count). The smallest absolute Gasteiger partial charge is 0.335 e. The van der Waals surface area contributed by atoms with Gasteiger partial charge in [-0.25, -0.2) is 55.3 Å². The first kappa shape index (κ1) is 57.0. The van der Waals surface area contributed by atoms with Crippen molar-refractivity contribution in [3.8, 4) is 11.5 Å². The van der Waals surface area contributed by atoms with Gasteiger partial charge in [0.15, 0.2) is 0 Å². The first-order valence-electron chi connectivity index (χ1n) is 20.3. The molecule has 0 aliphatic rings. The van der Waals surface area contributed by atoms with E-state index in [0.717, 1.165) is 32.7 Å². The molecular formula is C44H65BN10O9. The summed E-state index contributed by atoms with van der Waals surface area (Å²) in [4.78, 5) is 20.4. The summed E-state index contributed by atoms with van der Waals surface area (Å²) in [6, 6.07) is 11.1. The van der Waals surface area contributed by atoms with E-state index in [-0.39, 0.29) is 11.1 Å². The number of nitrogens with zero attached hydrogens (tertiary/aromatic N) is 10. The van der Waals surface area contributed by atoms with Gasteiger partial charge in [-0.1, -0.05) is 47.9 Å². The fourth-order valence-corrected chi connectivity index (χ4v) is 4.73. The van der Waals surface area contributed by atoms with Gasteiger partial charge < -0.3 is 35.5 Å². The molecule has 5 heterocycles. The highest BCUT2D eigenvalue weighted by Crippen LogP contribution is 2.11. The average molecular weight is 889 g/mol. The third-order valence-electron chi connectivity index (χ3n) is 8.18. The molecule has 20 heteroatoms. The van der Waals surface area contributed by atoms with Gasteiger partial charge >= 0.3 is 11.9 Å². The minimum absolute atomic E-state index is 0.178. The molecular weight excluding hydrogens is 823 g/mol. The number of carboxylic acids is 2. The SMILES string of the molecule is CCn1cc[n+](C)c1.CCn1cc[n+](C)c1.CCn1cc[n+](C)c1.CCn1cc[n+](C)c1.CCn1cc[n+](C)c1.O=C(O)c1ccccc1[O-].O=C(O)c1ccccc1[O-].[O-]B([O-])[O-]. The first-order chi connectivity index (χ1) is 30.3. The number of imidazole rings is 5.